The molecule has 2 aromatic carbocycles. The molecule has 0 aliphatic carbocycles. The highest BCUT2D eigenvalue weighted by molar-refractivity contribution is 7.99. The fourth-order valence-electron chi connectivity index (χ4n) is 3.20. The number of carbonyl (C=O) groups is 1. The van der Waals surface area contributed by atoms with Crippen molar-refractivity contribution in [2.75, 3.05) is 39.0 Å². The molecule has 0 saturated carbocycles. The molecule has 0 aromatic heterocycles. The Hall–Kier alpha value is -1.82. The molecule has 1 saturated heterocycles. The molecule has 1 unspecified atom stereocenters. The van der Waals surface area contributed by atoms with Gasteiger partial charge in [-0.2, -0.15) is 0 Å². The molecule has 1 amide bonds. The van der Waals surface area contributed by atoms with Crippen molar-refractivity contribution in [3.8, 4) is 0 Å². The molecule has 3 rings (SSSR count). The molecule has 0 spiro atoms. The Balaban J connectivity index is 1.39. The highest BCUT2D eigenvalue weighted by Crippen LogP contribution is 2.20. The van der Waals surface area contributed by atoms with Gasteiger partial charge in [0.25, 0.3) is 0 Å². The SMILES string of the molecule is CC(CSc1ccccc1)C(=O)NCc1ccc(CN2CCN(C)CC2)cc1. The van der Waals surface area contributed by atoms with Crippen LogP contribution in [0.1, 0.15) is 18.1 Å². The van der Waals surface area contributed by atoms with Crippen molar-refractivity contribution in [2.24, 2.45) is 5.92 Å². The Labute approximate surface area is 173 Å². The molecule has 4 nitrogen and oxygen atoms in total. The van der Waals surface area contributed by atoms with Crippen molar-refractivity contribution in [1.82, 2.24) is 15.1 Å². The zero-order chi connectivity index (χ0) is 19.8. The number of carbonyl (C=O) groups excluding carboxylic acids is 1. The molecule has 5 heteroatoms. The first-order valence-corrected chi connectivity index (χ1v) is 11.0. The number of likely N-dealkylation sites (N-methyl/N-ethyl adjacent to an activating group) is 1. The normalized spacial score (nSPS) is 16.6. The smallest absolute Gasteiger partial charge is 0.223 e. The second-order valence-corrected chi connectivity index (χ2v) is 8.73. The highest BCUT2D eigenvalue weighted by Gasteiger charge is 2.14. The van der Waals surface area contributed by atoms with Gasteiger partial charge in [-0.1, -0.05) is 49.4 Å². The van der Waals surface area contributed by atoms with Gasteiger partial charge in [-0.15, -0.1) is 11.8 Å². The predicted octanol–water partition coefficient (Wildman–Crippen LogP) is 3.48. The lowest BCUT2D eigenvalue weighted by Crippen LogP contribution is -2.43. The van der Waals surface area contributed by atoms with Crippen LogP contribution in [0.15, 0.2) is 59.5 Å². The number of piperazine rings is 1. The summed E-state index contributed by atoms with van der Waals surface area (Å²) >= 11 is 1.73. The average molecular weight is 398 g/mol. The fourth-order valence-corrected chi connectivity index (χ4v) is 4.15. The van der Waals surface area contributed by atoms with E-state index in [1.165, 1.54) is 10.5 Å². The van der Waals surface area contributed by atoms with E-state index in [0.717, 1.165) is 44.0 Å². The van der Waals surface area contributed by atoms with Gasteiger partial charge in [-0.05, 0) is 30.3 Å². The van der Waals surface area contributed by atoms with Gasteiger partial charge in [0.1, 0.15) is 0 Å². The number of amides is 1. The van der Waals surface area contributed by atoms with Crippen LogP contribution in [0.2, 0.25) is 0 Å². The number of hydrogen-bond donors (Lipinski definition) is 1. The van der Waals surface area contributed by atoms with Crippen LogP contribution in [0.4, 0.5) is 0 Å². The third-order valence-electron chi connectivity index (χ3n) is 5.18. The largest absolute Gasteiger partial charge is 0.352 e. The molecular formula is C23H31N3OS. The van der Waals surface area contributed by atoms with E-state index in [4.69, 9.17) is 0 Å². The molecule has 2 aromatic rings. The summed E-state index contributed by atoms with van der Waals surface area (Å²) in [5.74, 6) is 0.895. The maximum Gasteiger partial charge on any atom is 0.223 e. The summed E-state index contributed by atoms with van der Waals surface area (Å²) in [5.41, 5.74) is 2.49. The summed E-state index contributed by atoms with van der Waals surface area (Å²) in [6.07, 6.45) is 0. The van der Waals surface area contributed by atoms with E-state index < -0.39 is 0 Å². The van der Waals surface area contributed by atoms with Gasteiger partial charge in [0.15, 0.2) is 0 Å². The van der Waals surface area contributed by atoms with Crippen molar-refractivity contribution in [1.29, 1.82) is 0 Å². The number of thioether (sulfide) groups is 1. The number of hydrogen-bond acceptors (Lipinski definition) is 4. The Kier molecular flexibility index (Phi) is 7.95. The number of nitrogens with zero attached hydrogens (tertiary/aromatic N) is 2. The third-order valence-corrected chi connectivity index (χ3v) is 6.45. The lowest BCUT2D eigenvalue weighted by Gasteiger charge is -2.32. The Bertz CT molecular complexity index is 727. The van der Waals surface area contributed by atoms with E-state index in [9.17, 15) is 4.79 Å². The second kappa shape index (κ2) is 10.6. The molecule has 0 radical (unpaired) electrons. The number of benzene rings is 2. The van der Waals surface area contributed by atoms with E-state index in [-0.39, 0.29) is 11.8 Å². The Morgan fingerprint density at radius 2 is 1.64 bits per heavy atom. The van der Waals surface area contributed by atoms with Gasteiger partial charge in [0.05, 0.1) is 0 Å². The zero-order valence-electron chi connectivity index (χ0n) is 16.9. The first kappa shape index (κ1) is 20.9. The van der Waals surface area contributed by atoms with E-state index in [0.29, 0.717) is 6.54 Å². The third kappa shape index (κ3) is 6.66. The summed E-state index contributed by atoms with van der Waals surface area (Å²) in [4.78, 5) is 18.4. The molecule has 0 bridgehead atoms. The van der Waals surface area contributed by atoms with Crippen LogP contribution in [0.3, 0.4) is 0 Å². The molecule has 1 N–H and O–H groups in total. The second-order valence-electron chi connectivity index (χ2n) is 7.64. The fraction of sp³-hybridized carbons (Fsp3) is 0.435. The Morgan fingerprint density at radius 3 is 2.32 bits per heavy atom. The van der Waals surface area contributed by atoms with E-state index in [1.54, 1.807) is 11.8 Å². The zero-order valence-corrected chi connectivity index (χ0v) is 17.8. The maximum atomic E-state index is 12.4. The first-order chi connectivity index (χ1) is 13.6. The van der Waals surface area contributed by atoms with Gasteiger partial charge in [-0.25, -0.2) is 0 Å². The summed E-state index contributed by atoms with van der Waals surface area (Å²) in [6.45, 7) is 8.14. The molecule has 1 fully saturated rings. The highest BCUT2D eigenvalue weighted by atomic mass is 32.2. The Morgan fingerprint density at radius 1 is 1.00 bits per heavy atom. The van der Waals surface area contributed by atoms with Crippen LogP contribution < -0.4 is 5.32 Å². The van der Waals surface area contributed by atoms with Gasteiger partial charge in [0.2, 0.25) is 5.91 Å². The van der Waals surface area contributed by atoms with E-state index in [1.807, 2.05) is 25.1 Å². The van der Waals surface area contributed by atoms with Crippen molar-refractivity contribution in [3.63, 3.8) is 0 Å². The lowest BCUT2D eigenvalue weighted by molar-refractivity contribution is -0.124. The van der Waals surface area contributed by atoms with Gasteiger partial charge < -0.3 is 10.2 Å². The average Bonchev–Trinajstić information content (AvgIpc) is 2.73. The van der Waals surface area contributed by atoms with Crippen LogP contribution in [0, 0.1) is 5.92 Å². The lowest BCUT2D eigenvalue weighted by atomic mass is 10.1. The summed E-state index contributed by atoms with van der Waals surface area (Å²) in [5, 5.41) is 3.07. The molecular weight excluding hydrogens is 366 g/mol. The number of rotatable bonds is 8. The van der Waals surface area contributed by atoms with Crippen molar-refractivity contribution in [2.45, 2.75) is 24.9 Å². The van der Waals surface area contributed by atoms with Crippen LogP contribution >= 0.6 is 11.8 Å². The van der Waals surface area contributed by atoms with Gasteiger partial charge in [0, 0.05) is 55.8 Å². The van der Waals surface area contributed by atoms with E-state index in [2.05, 4.69) is 58.6 Å². The summed E-state index contributed by atoms with van der Waals surface area (Å²) in [7, 11) is 2.18. The monoisotopic (exact) mass is 397 g/mol. The minimum Gasteiger partial charge on any atom is -0.352 e. The van der Waals surface area contributed by atoms with Crippen molar-refractivity contribution < 1.29 is 4.79 Å². The minimum atomic E-state index is -0.0123. The van der Waals surface area contributed by atoms with Crippen LogP contribution in [-0.4, -0.2) is 54.7 Å². The maximum absolute atomic E-state index is 12.4. The quantitative estimate of drug-likeness (QED) is 0.692. The molecule has 150 valence electrons. The van der Waals surface area contributed by atoms with E-state index >= 15 is 0 Å². The number of nitrogens with one attached hydrogen (secondary N) is 1. The topological polar surface area (TPSA) is 35.6 Å². The van der Waals surface area contributed by atoms with Crippen LogP contribution in [0.5, 0.6) is 0 Å². The predicted molar refractivity (Wildman–Crippen MR) is 117 cm³/mol. The molecule has 1 aliphatic rings. The first-order valence-electron chi connectivity index (χ1n) is 10.0. The minimum absolute atomic E-state index is 0.0123. The molecule has 28 heavy (non-hydrogen) atoms. The summed E-state index contributed by atoms with van der Waals surface area (Å²) < 4.78 is 0. The summed E-state index contributed by atoms with van der Waals surface area (Å²) in [6, 6.07) is 18.9. The molecule has 1 aliphatic heterocycles. The van der Waals surface area contributed by atoms with Crippen LogP contribution in [-0.2, 0) is 17.9 Å². The molecule has 1 atom stereocenters. The van der Waals surface area contributed by atoms with Crippen molar-refractivity contribution in [3.05, 3.63) is 65.7 Å². The van der Waals surface area contributed by atoms with Gasteiger partial charge in [-0.3, -0.25) is 9.69 Å². The molecule has 1 heterocycles. The van der Waals surface area contributed by atoms with Crippen LogP contribution in [0.25, 0.3) is 0 Å². The standard InChI is InChI=1S/C23H31N3OS/c1-19(18-28-22-6-4-3-5-7-22)23(27)24-16-20-8-10-21(11-9-20)17-26-14-12-25(2)13-15-26/h3-11,19H,12-18H2,1-2H3,(H,24,27). The van der Waals surface area contributed by atoms with Crippen molar-refractivity contribution >= 4 is 17.7 Å². The van der Waals surface area contributed by atoms with Gasteiger partial charge >= 0.3 is 0 Å².